The van der Waals surface area contributed by atoms with Crippen molar-refractivity contribution in [1.29, 1.82) is 0 Å². The van der Waals surface area contributed by atoms with Crippen LogP contribution in [0.15, 0.2) is 97.1 Å². The summed E-state index contributed by atoms with van der Waals surface area (Å²) < 4.78 is 0. The Morgan fingerprint density at radius 1 is 0.818 bits per heavy atom. The highest BCUT2D eigenvalue weighted by atomic mass is 35.5. The van der Waals surface area contributed by atoms with Crippen LogP contribution in [0.2, 0.25) is 5.02 Å². The molecule has 0 fully saturated rings. The molecule has 0 radical (unpaired) electrons. The minimum Gasteiger partial charge on any atom is -0.464 e. The Morgan fingerprint density at radius 2 is 1.48 bits per heavy atom. The second-order valence-electron chi connectivity index (χ2n) is 7.43. The summed E-state index contributed by atoms with van der Waals surface area (Å²) in [5.74, 6) is -0.147. The Labute approximate surface area is 196 Å². The van der Waals surface area contributed by atoms with Crippen molar-refractivity contribution in [1.82, 2.24) is 0 Å². The third kappa shape index (κ3) is 4.73. The van der Waals surface area contributed by atoms with E-state index in [4.69, 9.17) is 11.6 Å². The summed E-state index contributed by atoms with van der Waals surface area (Å²) in [5, 5.41) is 13.4. The Morgan fingerprint density at radius 3 is 2.18 bits per heavy atom. The molecule has 0 saturated heterocycles. The Hall–Kier alpha value is -4.09. The van der Waals surface area contributed by atoms with Gasteiger partial charge in [-0.05, 0) is 55.0 Å². The summed E-state index contributed by atoms with van der Waals surface area (Å²) in [4.78, 5) is 26.2. The number of carbonyl (C=O) groups is 2. The molecule has 0 aliphatic rings. The van der Waals surface area contributed by atoms with E-state index in [-0.39, 0.29) is 5.78 Å². The number of hydrogen-bond donors (Lipinski definition) is 2. The maximum Gasteiger partial charge on any atom is 0.416 e. The molecule has 0 heterocycles. The normalized spacial score (nSPS) is 10.5. The zero-order chi connectivity index (χ0) is 23.4. The molecule has 6 heteroatoms. The van der Waals surface area contributed by atoms with E-state index in [1.807, 2.05) is 37.3 Å². The quantitative estimate of drug-likeness (QED) is 0.296. The first-order valence-electron chi connectivity index (χ1n) is 10.3. The Bertz CT molecular complexity index is 1320. The molecule has 0 aromatic heterocycles. The number of anilines is 4. The van der Waals surface area contributed by atoms with Gasteiger partial charge < -0.3 is 10.4 Å². The van der Waals surface area contributed by atoms with E-state index in [2.05, 4.69) is 5.32 Å². The number of aryl methyl sites for hydroxylation is 1. The van der Waals surface area contributed by atoms with Gasteiger partial charge in [-0.3, -0.25) is 4.79 Å². The first-order chi connectivity index (χ1) is 16.0. The highest BCUT2D eigenvalue weighted by Crippen LogP contribution is 2.35. The van der Waals surface area contributed by atoms with E-state index in [9.17, 15) is 14.7 Å². The van der Waals surface area contributed by atoms with E-state index >= 15 is 0 Å². The first kappa shape index (κ1) is 22.1. The zero-order valence-corrected chi connectivity index (χ0v) is 18.6. The predicted molar refractivity (Wildman–Crippen MR) is 132 cm³/mol. The number of nitrogens with zero attached hydrogens (tertiary/aromatic N) is 1. The highest BCUT2D eigenvalue weighted by Gasteiger charge is 2.20. The fraction of sp³-hybridized carbons (Fsp3) is 0.0370. The molecule has 0 aliphatic carbocycles. The smallest absolute Gasteiger partial charge is 0.416 e. The first-order valence-corrected chi connectivity index (χ1v) is 10.7. The van der Waals surface area contributed by atoms with Crippen molar-refractivity contribution >= 4 is 46.2 Å². The topological polar surface area (TPSA) is 69.6 Å². The Kier molecular flexibility index (Phi) is 6.43. The molecule has 4 rings (SSSR count). The molecule has 0 unspecified atom stereocenters. The van der Waals surface area contributed by atoms with Gasteiger partial charge in [0.15, 0.2) is 5.78 Å². The van der Waals surface area contributed by atoms with Gasteiger partial charge in [0.25, 0.3) is 0 Å². The van der Waals surface area contributed by atoms with E-state index in [0.29, 0.717) is 38.9 Å². The molecule has 0 aliphatic heterocycles. The van der Waals surface area contributed by atoms with Gasteiger partial charge in [0.1, 0.15) is 0 Å². The van der Waals surface area contributed by atoms with Gasteiger partial charge in [-0.2, -0.15) is 0 Å². The van der Waals surface area contributed by atoms with Crippen molar-refractivity contribution < 1.29 is 14.7 Å². The van der Waals surface area contributed by atoms with Gasteiger partial charge in [0.05, 0.1) is 22.1 Å². The van der Waals surface area contributed by atoms with Crippen LogP contribution in [0, 0.1) is 6.92 Å². The second kappa shape index (κ2) is 9.59. The van der Waals surface area contributed by atoms with Crippen LogP contribution in [0.25, 0.3) is 0 Å². The Balaban J connectivity index is 1.66. The molecule has 2 N–H and O–H groups in total. The number of carboxylic acid groups (broad SMARTS) is 1. The molecule has 4 aromatic carbocycles. The van der Waals surface area contributed by atoms with Gasteiger partial charge in [0, 0.05) is 16.8 Å². The molecule has 0 atom stereocenters. The molecular weight excluding hydrogens is 436 g/mol. The van der Waals surface area contributed by atoms with Gasteiger partial charge in [0.2, 0.25) is 0 Å². The molecule has 164 valence electrons. The van der Waals surface area contributed by atoms with Gasteiger partial charge in [-0.25, -0.2) is 9.69 Å². The number of ketones is 1. The van der Waals surface area contributed by atoms with Gasteiger partial charge in [-0.1, -0.05) is 66.2 Å². The monoisotopic (exact) mass is 456 g/mol. The molecular formula is C27H21ClN2O3. The van der Waals surface area contributed by atoms with E-state index < -0.39 is 6.09 Å². The van der Waals surface area contributed by atoms with E-state index in [1.165, 1.54) is 4.90 Å². The maximum atomic E-state index is 13.0. The minimum absolute atomic E-state index is 0.147. The van der Waals surface area contributed by atoms with Crippen LogP contribution in [0.4, 0.5) is 27.5 Å². The van der Waals surface area contributed by atoms with Gasteiger partial charge in [-0.15, -0.1) is 0 Å². The largest absolute Gasteiger partial charge is 0.464 e. The molecule has 0 spiro atoms. The van der Waals surface area contributed by atoms with Crippen molar-refractivity contribution in [2.45, 2.75) is 6.92 Å². The lowest BCUT2D eigenvalue weighted by atomic mass is 9.99. The summed E-state index contributed by atoms with van der Waals surface area (Å²) in [6.45, 7) is 1.88. The molecule has 4 aromatic rings. The van der Waals surface area contributed by atoms with Crippen molar-refractivity contribution in [3.05, 3.63) is 119 Å². The number of halogens is 1. The minimum atomic E-state index is -1.10. The standard InChI is InChI=1S/C27H21ClN2O3/c1-18-9-5-6-12-21(18)26(31)22-16-15-19(17-23(22)28)29-24-13-7-8-14-25(24)30(27(32)33)20-10-3-2-4-11-20/h2-17,29H,1H3,(H,32,33). The van der Waals surface area contributed by atoms with Crippen LogP contribution in [0.5, 0.6) is 0 Å². The fourth-order valence-corrected chi connectivity index (χ4v) is 3.88. The summed E-state index contributed by atoms with van der Waals surface area (Å²) in [6.07, 6.45) is -1.10. The lowest BCUT2D eigenvalue weighted by Gasteiger charge is -2.23. The van der Waals surface area contributed by atoms with Crippen molar-refractivity contribution in [2.75, 3.05) is 10.2 Å². The summed E-state index contributed by atoms with van der Waals surface area (Å²) in [6, 6.07) is 28.4. The fourth-order valence-electron chi connectivity index (χ4n) is 3.61. The molecule has 5 nitrogen and oxygen atoms in total. The van der Waals surface area contributed by atoms with Crippen molar-refractivity contribution in [3.63, 3.8) is 0 Å². The summed E-state index contributed by atoms with van der Waals surface area (Å²) >= 11 is 6.48. The summed E-state index contributed by atoms with van der Waals surface area (Å²) in [7, 11) is 0. The van der Waals surface area contributed by atoms with E-state index in [1.54, 1.807) is 66.7 Å². The van der Waals surface area contributed by atoms with Crippen LogP contribution in [0.1, 0.15) is 21.5 Å². The second-order valence-corrected chi connectivity index (χ2v) is 7.84. The molecule has 33 heavy (non-hydrogen) atoms. The van der Waals surface area contributed by atoms with Crippen LogP contribution in [-0.4, -0.2) is 17.0 Å². The maximum absolute atomic E-state index is 13.0. The van der Waals surface area contributed by atoms with Gasteiger partial charge >= 0.3 is 6.09 Å². The van der Waals surface area contributed by atoms with Crippen molar-refractivity contribution in [3.8, 4) is 0 Å². The lowest BCUT2D eigenvalue weighted by Crippen LogP contribution is -2.24. The van der Waals surface area contributed by atoms with Crippen LogP contribution in [0.3, 0.4) is 0 Å². The SMILES string of the molecule is Cc1ccccc1C(=O)c1ccc(Nc2ccccc2N(C(=O)O)c2ccccc2)cc1Cl. The highest BCUT2D eigenvalue weighted by molar-refractivity contribution is 6.35. The number of benzene rings is 4. The van der Waals surface area contributed by atoms with Crippen molar-refractivity contribution in [2.24, 2.45) is 0 Å². The zero-order valence-electron chi connectivity index (χ0n) is 17.8. The average Bonchev–Trinajstić information content (AvgIpc) is 2.81. The lowest BCUT2D eigenvalue weighted by molar-refractivity contribution is 0.103. The van der Waals surface area contributed by atoms with Crippen LogP contribution >= 0.6 is 11.6 Å². The number of hydrogen-bond acceptors (Lipinski definition) is 3. The number of amides is 1. The predicted octanol–water partition coefficient (Wildman–Crippen LogP) is 7.44. The van der Waals surface area contributed by atoms with E-state index in [0.717, 1.165) is 5.56 Å². The average molecular weight is 457 g/mol. The number of carbonyl (C=O) groups excluding carboxylic acids is 1. The number of nitrogens with one attached hydrogen (secondary N) is 1. The number of para-hydroxylation sites is 3. The third-order valence-electron chi connectivity index (χ3n) is 5.23. The number of rotatable bonds is 6. The molecule has 0 saturated carbocycles. The van der Waals surface area contributed by atoms with Crippen LogP contribution in [-0.2, 0) is 0 Å². The third-order valence-corrected chi connectivity index (χ3v) is 5.55. The summed E-state index contributed by atoms with van der Waals surface area (Å²) in [5.41, 5.74) is 4.09. The molecule has 1 amide bonds. The van der Waals surface area contributed by atoms with Crippen LogP contribution < -0.4 is 10.2 Å². The molecule has 0 bridgehead atoms.